The summed E-state index contributed by atoms with van der Waals surface area (Å²) in [7, 11) is 0. The zero-order chi connectivity index (χ0) is 10.7. The molecule has 3 nitrogen and oxygen atoms in total. The maximum absolute atomic E-state index is 11.5. The second-order valence-corrected chi connectivity index (χ2v) is 3.88. The van der Waals surface area contributed by atoms with Gasteiger partial charge in [-0.05, 0) is 19.1 Å². The Balaban J connectivity index is 2.57. The van der Waals surface area contributed by atoms with Gasteiger partial charge in [-0.25, -0.2) is 0 Å². The van der Waals surface area contributed by atoms with Crippen LogP contribution in [0.2, 0.25) is 0 Å². The molecule has 1 aromatic rings. The first-order chi connectivity index (χ1) is 6.50. The smallest absolute Gasteiger partial charge is 0.152 e. The van der Waals surface area contributed by atoms with E-state index in [2.05, 4.69) is 0 Å². The summed E-state index contributed by atoms with van der Waals surface area (Å²) in [5.74, 6) is 1.70. The van der Waals surface area contributed by atoms with Crippen molar-refractivity contribution in [3.63, 3.8) is 0 Å². The summed E-state index contributed by atoms with van der Waals surface area (Å²) in [6.07, 6.45) is 0.491. The molecule has 14 heavy (non-hydrogen) atoms. The minimum atomic E-state index is -0.444. The molecule has 0 aliphatic heterocycles. The monoisotopic (exact) mass is 195 g/mol. The first-order valence-corrected chi connectivity index (χ1v) is 4.85. The van der Waals surface area contributed by atoms with Crippen LogP contribution in [0.5, 0.6) is 0 Å². The first kappa shape index (κ1) is 11.0. The molecule has 78 valence electrons. The summed E-state index contributed by atoms with van der Waals surface area (Å²) < 4.78 is 5.35. The number of furan rings is 1. The van der Waals surface area contributed by atoms with Gasteiger partial charge in [0.05, 0.1) is 6.04 Å². The van der Waals surface area contributed by atoms with Gasteiger partial charge in [-0.1, -0.05) is 13.8 Å². The number of hydrogen-bond donors (Lipinski definition) is 1. The molecule has 0 saturated heterocycles. The number of ketones is 1. The molecule has 0 aliphatic rings. The maximum Gasteiger partial charge on any atom is 0.152 e. The van der Waals surface area contributed by atoms with Crippen LogP contribution in [-0.4, -0.2) is 11.8 Å². The van der Waals surface area contributed by atoms with E-state index in [0.29, 0.717) is 6.42 Å². The SMILES string of the molecule is Cc1ccc(CC(N)C(=O)C(C)C)o1. The predicted molar refractivity (Wildman–Crippen MR) is 55.0 cm³/mol. The van der Waals surface area contributed by atoms with E-state index in [9.17, 15) is 4.79 Å². The minimum Gasteiger partial charge on any atom is -0.466 e. The van der Waals surface area contributed by atoms with Gasteiger partial charge in [-0.3, -0.25) is 4.79 Å². The summed E-state index contributed by atoms with van der Waals surface area (Å²) in [5, 5.41) is 0. The molecule has 1 rings (SSSR count). The number of carbonyl (C=O) groups excluding carboxylic acids is 1. The highest BCUT2D eigenvalue weighted by Crippen LogP contribution is 2.10. The highest BCUT2D eigenvalue weighted by Gasteiger charge is 2.18. The Bertz CT molecular complexity index is 315. The molecule has 0 saturated carbocycles. The van der Waals surface area contributed by atoms with E-state index >= 15 is 0 Å². The summed E-state index contributed by atoms with van der Waals surface area (Å²) in [4.78, 5) is 11.5. The summed E-state index contributed by atoms with van der Waals surface area (Å²) in [6.45, 7) is 5.59. The molecule has 0 bridgehead atoms. The highest BCUT2D eigenvalue weighted by atomic mass is 16.3. The van der Waals surface area contributed by atoms with Crippen LogP contribution in [0.3, 0.4) is 0 Å². The highest BCUT2D eigenvalue weighted by molar-refractivity contribution is 5.85. The van der Waals surface area contributed by atoms with Crippen molar-refractivity contribution in [3.8, 4) is 0 Å². The lowest BCUT2D eigenvalue weighted by molar-refractivity contribution is -0.123. The van der Waals surface area contributed by atoms with Crippen molar-refractivity contribution in [2.45, 2.75) is 33.2 Å². The molecule has 3 heteroatoms. The van der Waals surface area contributed by atoms with Gasteiger partial charge < -0.3 is 10.2 Å². The van der Waals surface area contributed by atoms with E-state index in [1.807, 2.05) is 32.9 Å². The third-order valence-electron chi connectivity index (χ3n) is 2.15. The van der Waals surface area contributed by atoms with Gasteiger partial charge in [0, 0.05) is 12.3 Å². The zero-order valence-corrected chi connectivity index (χ0v) is 8.91. The fourth-order valence-corrected chi connectivity index (χ4v) is 1.34. The van der Waals surface area contributed by atoms with Crippen molar-refractivity contribution in [2.24, 2.45) is 11.7 Å². The van der Waals surface area contributed by atoms with Gasteiger partial charge in [-0.15, -0.1) is 0 Å². The molecule has 0 aliphatic carbocycles. The van der Waals surface area contributed by atoms with Crippen LogP contribution in [-0.2, 0) is 11.2 Å². The predicted octanol–water partition coefficient (Wildman–Crippen LogP) is 1.68. The number of hydrogen-bond acceptors (Lipinski definition) is 3. The Morgan fingerprint density at radius 2 is 2.14 bits per heavy atom. The molecule has 1 unspecified atom stereocenters. The van der Waals surface area contributed by atoms with Crippen LogP contribution in [0, 0.1) is 12.8 Å². The molecular formula is C11H17NO2. The van der Waals surface area contributed by atoms with Gasteiger partial charge in [0.1, 0.15) is 11.5 Å². The van der Waals surface area contributed by atoms with Crippen LogP contribution in [0.4, 0.5) is 0 Å². The quantitative estimate of drug-likeness (QED) is 0.795. The van der Waals surface area contributed by atoms with Crippen molar-refractivity contribution >= 4 is 5.78 Å². The van der Waals surface area contributed by atoms with E-state index < -0.39 is 6.04 Å². The average Bonchev–Trinajstić information content (AvgIpc) is 2.49. The summed E-state index contributed by atoms with van der Waals surface area (Å²) in [6, 6.07) is 3.30. The van der Waals surface area contributed by atoms with Crippen LogP contribution in [0.25, 0.3) is 0 Å². The molecule has 0 fully saturated rings. The van der Waals surface area contributed by atoms with E-state index in [4.69, 9.17) is 10.2 Å². The minimum absolute atomic E-state index is 0.0129. The third-order valence-corrected chi connectivity index (χ3v) is 2.15. The fourth-order valence-electron chi connectivity index (χ4n) is 1.34. The molecule has 0 spiro atoms. The zero-order valence-electron chi connectivity index (χ0n) is 8.91. The molecule has 2 N–H and O–H groups in total. The average molecular weight is 195 g/mol. The Morgan fingerprint density at radius 3 is 2.57 bits per heavy atom. The maximum atomic E-state index is 11.5. The Morgan fingerprint density at radius 1 is 1.50 bits per heavy atom. The van der Waals surface area contributed by atoms with Crippen molar-refractivity contribution < 1.29 is 9.21 Å². The lowest BCUT2D eigenvalue weighted by Gasteiger charge is -2.11. The van der Waals surface area contributed by atoms with E-state index in [-0.39, 0.29) is 11.7 Å². The van der Waals surface area contributed by atoms with Gasteiger partial charge in [0.15, 0.2) is 5.78 Å². The number of aryl methyl sites for hydroxylation is 1. The summed E-state index contributed by atoms with van der Waals surface area (Å²) >= 11 is 0. The number of nitrogens with two attached hydrogens (primary N) is 1. The van der Waals surface area contributed by atoms with Gasteiger partial charge in [0.2, 0.25) is 0 Å². The third kappa shape index (κ3) is 2.70. The second-order valence-electron chi connectivity index (χ2n) is 3.88. The molecular weight excluding hydrogens is 178 g/mol. The van der Waals surface area contributed by atoms with Crippen LogP contribution >= 0.6 is 0 Å². The van der Waals surface area contributed by atoms with Crippen LogP contribution in [0.15, 0.2) is 16.5 Å². The molecule has 0 amide bonds. The molecule has 1 aromatic heterocycles. The van der Waals surface area contributed by atoms with E-state index in [1.54, 1.807) is 0 Å². The number of Topliss-reactive ketones (excluding diaryl/α,β-unsaturated/α-hetero) is 1. The van der Waals surface area contributed by atoms with Gasteiger partial charge in [0.25, 0.3) is 0 Å². The Labute approximate surface area is 84.3 Å². The topological polar surface area (TPSA) is 56.2 Å². The van der Waals surface area contributed by atoms with Crippen molar-refractivity contribution in [1.29, 1.82) is 0 Å². The van der Waals surface area contributed by atoms with Crippen molar-refractivity contribution in [1.82, 2.24) is 0 Å². The summed E-state index contributed by atoms with van der Waals surface area (Å²) in [5.41, 5.74) is 5.75. The van der Waals surface area contributed by atoms with Crippen molar-refractivity contribution in [2.75, 3.05) is 0 Å². The molecule has 1 atom stereocenters. The number of rotatable bonds is 4. The van der Waals surface area contributed by atoms with E-state index in [0.717, 1.165) is 11.5 Å². The van der Waals surface area contributed by atoms with Crippen molar-refractivity contribution in [3.05, 3.63) is 23.7 Å². The molecule has 1 heterocycles. The van der Waals surface area contributed by atoms with E-state index in [1.165, 1.54) is 0 Å². The standard InChI is InChI=1S/C11H17NO2/c1-7(2)11(13)10(12)6-9-5-4-8(3)14-9/h4-5,7,10H,6,12H2,1-3H3. The van der Waals surface area contributed by atoms with Gasteiger partial charge >= 0.3 is 0 Å². The van der Waals surface area contributed by atoms with Crippen LogP contribution in [0.1, 0.15) is 25.4 Å². The van der Waals surface area contributed by atoms with Crippen LogP contribution < -0.4 is 5.73 Å². The van der Waals surface area contributed by atoms with Gasteiger partial charge in [-0.2, -0.15) is 0 Å². The number of carbonyl (C=O) groups is 1. The largest absolute Gasteiger partial charge is 0.466 e. The Hall–Kier alpha value is -1.09. The lowest BCUT2D eigenvalue weighted by atomic mass is 9.99. The molecule has 0 aromatic carbocycles. The lowest BCUT2D eigenvalue weighted by Crippen LogP contribution is -2.35. The second kappa shape index (κ2) is 4.42. The first-order valence-electron chi connectivity index (χ1n) is 4.85. The Kier molecular flexibility index (Phi) is 3.47. The molecule has 0 radical (unpaired) electrons. The fraction of sp³-hybridized carbons (Fsp3) is 0.545. The normalized spacial score (nSPS) is 13.2.